The van der Waals surface area contributed by atoms with E-state index in [0.29, 0.717) is 5.75 Å². The molecule has 2 aromatic carbocycles. The molecule has 21 heavy (non-hydrogen) atoms. The van der Waals surface area contributed by atoms with Crippen LogP contribution in [0.1, 0.15) is 31.1 Å². The molecule has 0 radical (unpaired) electrons. The molecular weight excluding hydrogens is 267 g/mol. The maximum absolute atomic E-state index is 13.2. The van der Waals surface area contributed by atoms with Gasteiger partial charge in [0.2, 0.25) is 0 Å². The SMILES string of the molecule is Cc1cc(F)ccc1OC(C(C)C)C(O)c1ccccc1. The second-order valence-corrected chi connectivity index (χ2v) is 5.59. The molecule has 0 aliphatic carbocycles. The maximum Gasteiger partial charge on any atom is 0.131 e. The van der Waals surface area contributed by atoms with Gasteiger partial charge < -0.3 is 9.84 Å². The van der Waals surface area contributed by atoms with E-state index in [2.05, 4.69) is 0 Å². The number of aliphatic hydroxyl groups is 1. The summed E-state index contributed by atoms with van der Waals surface area (Å²) in [4.78, 5) is 0. The van der Waals surface area contributed by atoms with Crippen LogP contribution in [0.25, 0.3) is 0 Å². The number of rotatable bonds is 5. The highest BCUT2D eigenvalue weighted by molar-refractivity contribution is 5.33. The molecule has 0 heterocycles. The summed E-state index contributed by atoms with van der Waals surface area (Å²) in [6.07, 6.45) is -1.12. The zero-order valence-corrected chi connectivity index (χ0v) is 12.6. The van der Waals surface area contributed by atoms with Crippen LogP contribution in [0.15, 0.2) is 48.5 Å². The first-order valence-electron chi connectivity index (χ1n) is 7.15. The summed E-state index contributed by atoms with van der Waals surface area (Å²) in [6, 6.07) is 13.8. The van der Waals surface area contributed by atoms with Crippen molar-refractivity contribution < 1.29 is 14.2 Å². The molecule has 0 saturated carbocycles. The van der Waals surface area contributed by atoms with E-state index in [9.17, 15) is 9.50 Å². The first kappa shape index (κ1) is 15.5. The summed E-state index contributed by atoms with van der Waals surface area (Å²) in [5.74, 6) is 0.430. The quantitative estimate of drug-likeness (QED) is 0.890. The van der Waals surface area contributed by atoms with E-state index in [0.717, 1.165) is 11.1 Å². The Morgan fingerprint density at radius 2 is 1.71 bits per heavy atom. The number of benzene rings is 2. The van der Waals surface area contributed by atoms with E-state index in [1.54, 1.807) is 13.0 Å². The largest absolute Gasteiger partial charge is 0.487 e. The van der Waals surface area contributed by atoms with E-state index in [-0.39, 0.29) is 11.7 Å². The minimum absolute atomic E-state index is 0.115. The van der Waals surface area contributed by atoms with Crippen molar-refractivity contribution >= 4 is 0 Å². The first-order chi connectivity index (χ1) is 9.99. The number of aliphatic hydroxyl groups excluding tert-OH is 1. The van der Waals surface area contributed by atoms with Crippen molar-refractivity contribution in [2.45, 2.75) is 33.0 Å². The summed E-state index contributed by atoms with van der Waals surface area (Å²) in [5.41, 5.74) is 1.54. The molecule has 0 bridgehead atoms. The van der Waals surface area contributed by atoms with Crippen LogP contribution in [0.4, 0.5) is 4.39 Å². The van der Waals surface area contributed by atoms with E-state index in [4.69, 9.17) is 4.74 Å². The van der Waals surface area contributed by atoms with Gasteiger partial charge in [-0.15, -0.1) is 0 Å². The number of hydrogen-bond donors (Lipinski definition) is 1. The third kappa shape index (κ3) is 3.82. The summed E-state index contributed by atoms with van der Waals surface area (Å²) in [7, 11) is 0. The highest BCUT2D eigenvalue weighted by atomic mass is 19.1. The van der Waals surface area contributed by atoms with Crippen molar-refractivity contribution in [2.24, 2.45) is 5.92 Å². The molecule has 0 aliphatic heterocycles. The molecule has 2 aromatic rings. The summed E-state index contributed by atoms with van der Waals surface area (Å²) in [5, 5.41) is 10.6. The van der Waals surface area contributed by atoms with E-state index in [1.807, 2.05) is 44.2 Å². The van der Waals surface area contributed by atoms with E-state index >= 15 is 0 Å². The third-order valence-corrected chi connectivity index (χ3v) is 3.51. The van der Waals surface area contributed by atoms with Gasteiger partial charge in [-0.25, -0.2) is 4.39 Å². The molecular formula is C18H21FO2. The van der Waals surface area contributed by atoms with Crippen molar-refractivity contribution in [2.75, 3.05) is 0 Å². The lowest BCUT2D eigenvalue weighted by Gasteiger charge is -2.28. The lowest BCUT2D eigenvalue weighted by Crippen LogP contribution is -2.31. The van der Waals surface area contributed by atoms with Crippen LogP contribution in [0.2, 0.25) is 0 Å². The Morgan fingerprint density at radius 1 is 1.05 bits per heavy atom. The van der Waals surface area contributed by atoms with Crippen LogP contribution < -0.4 is 4.74 Å². The second kappa shape index (κ2) is 6.72. The van der Waals surface area contributed by atoms with Crippen LogP contribution in [0.3, 0.4) is 0 Å². The van der Waals surface area contributed by atoms with E-state index < -0.39 is 12.2 Å². The number of ether oxygens (including phenoxy) is 1. The van der Waals surface area contributed by atoms with Crippen molar-refractivity contribution in [3.05, 3.63) is 65.5 Å². The zero-order valence-electron chi connectivity index (χ0n) is 12.6. The maximum atomic E-state index is 13.2. The Labute approximate surface area is 125 Å². The molecule has 0 saturated heterocycles. The van der Waals surface area contributed by atoms with Crippen molar-refractivity contribution in [3.63, 3.8) is 0 Å². The van der Waals surface area contributed by atoms with Gasteiger partial charge in [0.05, 0.1) is 0 Å². The van der Waals surface area contributed by atoms with Crippen LogP contribution >= 0.6 is 0 Å². The monoisotopic (exact) mass is 288 g/mol. The van der Waals surface area contributed by atoms with Crippen molar-refractivity contribution in [3.8, 4) is 5.75 Å². The van der Waals surface area contributed by atoms with Gasteiger partial charge in [0, 0.05) is 0 Å². The fraction of sp³-hybridized carbons (Fsp3) is 0.333. The van der Waals surface area contributed by atoms with Crippen LogP contribution in [0, 0.1) is 18.7 Å². The minimum Gasteiger partial charge on any atom is -0.487 e. The number of aryl methyl sites for hydroxylation is 1. The fourth-order valence-corrected chi connectivity index (χ4v) is 2.30. The summed E-state index contributed by atoms with van der Waals surface area (Å²) >= 11 is 0. The highest BCUT2D eigenvalue weighted by Gasteiger charge is 2.26. The van der Waals surface area contributed by atoms with Crippen LogP contribution in [-0.4, -0.2) is 11.2 Å². The Kier molecular flexibility index (Phi) is 4.97. The minimum atomic E-state index is -0.726. The van der Waals surface area contributed by atoms with Crippen molar-refractivity contribution in [1.29, 1.82) is 0 Å². The zero-order chi connectivity index (χ0) is 15.4. The lowest BCUT2D eigenvalue weighted by atomic mass is 9.96. The normalized spacial score (nSPS) is 14.0. The molecule has 0 spiro atoms. The molecule has 112 valence electrons. The summed E-state index contributed by atoms with van der Waals surface area (Å²) < 4.78 is 19.1. The first-order valence-corrected chi connectivity index (χ1v) is 7.15. The number of hydrogen-bond acceptors (Lipinski definition) is 2. The van der Waals surface area contributed by atoms with Gasteiger partial charge in [0.25, 0.3) is 0 Å². The molecule has 1 N–H and O–H groups in total. The predicted molar refractivity (Wildman–Crippen MR) is 81.8 cm³/mol. The average Bonchev–Trinajstić information content (AvgIpc) is 2.46. The Balaban J connectivity index is 2.23. The molecule has 0 aromatic heterocycles. The van der Waals surface area contributed by atoms with Crippen molar-refractivity contribution in [1.82, 2.24) is 0 Å². The smallest absolute Gasteiger partial charge is 0.131 e. The van der Waals surface area contributed by atoms with E-state index in [1.165, 1.54) is 12.1 Å². The van der Waals surface area contributed by atoms with Gasteiger partial charge in [0.1, 0.15) is 23.8 Å². The highest BCUT2D eigenvalue weighted by Crippen LogP contribution is 2.28. The molecule has 0 amide bonds. The van der Waals surface area contributed by atoms with Crippen LogP contribution in [0.5, 0.6) is 5.75 Å². The van der Waals surface area contributed by atoms with Gasteiger partial charge >= 0.3 is 0 Å². The lowest BCUT2D eigenvalue weighted by molar-refractivity contribution is 0.00747. The van der Waals surface area contributed by atoms with Gasteiger partial charge in [-0.1, -0.05) is 44.2 Å². The molecule has 0 fully saturated rings. The Bertz CT molecular complexity index is 581. The van der Waals surface area contributed by atoms with Gasteiger partial charge in [-0.2, -0.15) is 0 Å². The Hall–Kier alpha value is -1.87. The van der Waals surface area contributed by atoms with Crippen LogP contribution in [-0.2, 0) is 0 Å². The second-order valence-electron chi connectivity index (χ2n) is 5.59. The fourth-order valence-electron chi connectivity index (χ4n) is 2.30. The molecule has 2 atom stereocenters. The topological polar surface area (TPSA) is 29.5 Å². The van der Waals surface area contributed by atoms with Gasteiger partial charge in [0.15, 0.2) is 0 Å². The van der Waals surface area contributed by atoms with Gasteiger partial charge in [-0.05, 0) is 42.2 Å². The predicted octanol–water partition coefficient (Wildman–Crippen LogP) is 4.27. The third-order valence-electron chi connectivity index (χ3n) is 3.51. The molecule has 3 heteroatoms. The Morgan fingerprint density at radius 3 is 2.29 bits per heavy atom. The molecule has 2 unspecified atom stereocenters. The standard InChI is InChI=1S/C18H21FO2/c1-12(2)18(17(20)14-7-5-4-6-8-14)21-16-10-9-15(19)11-13(16)3/h4-12,17-18,20H,1-3H3. The summed E-state index contributed by atoms with van der Waals surface area (Å²) in [6.45, 7) is 5.79. The average molecular weight is 288 g/mol. The van der Waals surface area contributed by atoms with Gasteiger partial charge in [-0.3, -0.25) is 0 Å². The molecule has 2 rings (SSSR count). The molecule has 2 nitrogen and oxygen atoms in total. The number of halogens is 1. The molecule has 0 aliphatic rings.